The van der Waals surface area contributed by atoms with E-state index in [-0.39, 0.29) is 0 Å². The summed E-state index contributed by atoms with van der Waals surface area (Å²) in [6.07, 6.45) is 3.59. The minimum absolute atomic E-state index is 0.510. The van der Waals surface area contributed by atoms with Gasteiger partial charge in [0.25, 0.3) is 0 Å². The molecule has 1 aliphatic carbocycles. The Morgan fingerprint density at radius 2 is 2.09 bits per heavy atom. The quantitative estimate of drug-likeness (QED) is 0.568. The molecule has 0 aliphatic heterocycles. The second-order valence-corrected chi connectivity index (χ2v) is 6.19. The molecule has 1 aromatic carbocycles. The second kappa shape index (κ2) is 8.77. The fraction of sp³-hybridized carbons (Fsp3) is 0.611. The molecule has 0 spiro atoms. The smallest absolute Gasteiger partial charge is 0.191 e. The normalized spacial score (nSPS) is 16.3. The summed E-state index contributed by atoms with van der Waals surface area (Å²) >= 11 is 0. The van der Waals surface area contributed by atoms with E-state index < -0.39 is 0 Å². The molecule has 1 aliphatic rings. The molecule has 0 aromatic heterocycles. The first-order valence-corrected chi connectivity index (χ1v) is 8.44. The highest BCUT2D eigenvalue weighted by Gasteiger charge is 2.28. The average molecular weight is 318 g/mol. The molecule has 1 fully saturated rings. The number of nitrogens with one attached hydrogen (secondary N) is 2. The van der Waals surface area contributed by atoms with Crippen LogP contribution in [0.4, 0.5) is 0 Å². The lowest BCUT2D eigenvalue weighted by atomic mass is 10.1. The van der Waals surface area contributed by atoms with Gasteiger partial charge in [-0.1, -0.05) is 18.2 Å². The van der Waals surface area contributed by atoms with Crippen LogP contribution in [0.3, 0.4) is 0 Å². The molecule has 1 aromatic rings. The van der Waals surface area contributed by atoms with E-state index in [0.29, 0.717) is 6.04 Å². The maximum atomic E-state index is 5.38. The molecule has 128 valence electrons. The van der Waals surface area contributed by atoms with E-state index >= 15 is 0 Å². The van der Waals surface area contributed by atoms with Gasteiger partial charge in [0.05, 0.1) is 7.11 Å². The summed E-state index contributed by atoms with van der Waals surface area (Å²) in [5.41, 5.74) is 1.21. The van der Waals surface area contributed by atoms with Crippen molar-refractivity contribution in [2.45, 2.75) is 38.3 Å². The van der Waals surface area contributed by atoms with Crippen molar-refractivity contribution in [2.24, 2.45) is 4.99 Å². The number of hydrogen-bond acceptors (Lipinski definition) is 3. The van der Waals surface area contributed by atoms with Crippen LogP contribution in [0.5, 0.6) is 5.75 Å². The second-order valence-electron chi connectivity index (χ2n) is 6.19. The van der Waals surface area contributed by atoms with Crippen LogP contribution >= 0.6 is 0 Å². The predicted octanol–water partition coefficient (Wildman–Crippen LogP) is 1.89. The number of benzene rings is 1. The van der Waals surface area contributed by atoms with E-state index in [1.54, 1.807) is 7.11 Å². The fourth-order valence-electron chi connectivity index (χ4n) is 2.68. The SMILES string of the molecule is CN=C(NCCc1ccccc1OC)NCC(C)N(C)C1CC1. The standard InChI is InChI=1S/C18H30N4O/c1-14(22(3)16-9-10-16)13-21-18(19-2)20-12-11-15-7-5-6-8-17(15)23-4/h5-8,14,16H,9-13H2,1-4H3,(H2,19,20,21). The Bertz CT molecular complexity index is 513. The summed E-state index contributed by atoms with van der Waals surface area (Å²) in [6.45, 7) is 3.99. The van der Waals surface area contributed by atoms with Crippen molar-refractivity contribution in [1.82, 2.24) is 15.5 Å². The van der Waals surface area contributed by atoms with Gasteiger partial charge in [-0.3, -0.25) is 9.89 Å². The lowest BCUT2D eigenvalue weighted by molar-refractivity contribution is 0.247. The molecular weight excluding hydrogens is 288 g/mol. The minimum Gasteiger partial charge on any atom is -0.496 e. The van der Waals surface area contributed by atoms with Crippen molar-refractivity contribution in [1.29, 1.82) is 0 Å². The van der Waals surface area contributed by atoms with Gasteiger partial charge in [-0.05, 0) is 44.9 Å². The number of guanidine groups is 1. The van der Waals surface area contributed by atoms with Crippen LogP contribution in [0.25, 0.3) is 0 Å². The van der Waals surface area contributed by atoms with Gasteiger partial charge in [-0.25, -0.2) is 0 Å². The molecule has 0 saturated heterocycles. The molecule has 0 heterocycles. The molecule has 1 saturated carbocycles. The maximum Gasteiger partial charge on any atom is 0.191 e. The Morgan fingerprint density at radius 3 is 2.74 bits per heavy atom. The van der Waals surface area contributed by atoms with E-state index in [2.05, 4.69) is 40.6 Å². The molecule has 0 radical (unpaired) electrons. The largest absolute Gasteiger partial charge is 0.496 e. The van der Waals surface area contributed by atoms with Crippen molar-refractivity contribution in [2.75, 3.05) is 34.3 Å². The molecule has 2 N–H and O–H groups in total. The van der Waals surface area contributed by atoms with Gasteiger partial charge in [0.1, 0.15) is 5.75 Å². The Morgan fingerprint density at radius 1 is 1.35 bits per heavy atom. The van der Waals surface area contributed by atoms with Gasteiger partial charge in [0.15, 0.2) is 5.96 Å². The van der Waals surface area contributed by atoms with Gasteiger partial charge in [0.2, 0.25) is 0 Å². The molecule has 5 nitrogen and oxygen atoms in total. The van der Waals surface area contributed by atoms with E-state index in [4.69, 9.17) is 4.74 Å². The summed E-state index contributed by atoms with van der Waals surface area (Å²) in [4.78, 5) is 6.75. The maximum absolute atomic E-state index is 5.38. The summed E-state index contributed by atoms with van der Waals surface area (Å²) in [7, 11) is 5.74. The first-order valence-electron chi connectivity index (χ1n) is 8.44. The third kappa shape index (κ3) is 5.43. The fourth-order valence-corrected chi connectivity index (χ4v) is 2.68. The molecule has 2 rings (SSSR count). The predicted molar refractivity (Wildman–Crippen MR) is 96.3 cm³/mol. The number of para-hydroxylation sites is 1. The van der Waals surface area contributed by atoms with Crippen molar-refractivity contribution >= 4 is 5.96 Å². The number of likely N-dealkylation sites (N-methyl/N-ethyl adjacent to an activating group) is 1. The van der Waals surface area contributed by atoms with Crippen LogP contribution in [0.1, 0.15) is 25.3 Å². The third-order valence-corrected chi connectivity index (χ3v) is 4.49. The van der Waals surface area contributed by atoms with Crippen molar-refractivity contribution in [3.63, 3.8) is 0 Å². The van der Waals surface area contributed by atoms with E-state index in [1.165, 1.54) is 18.4 Å². The lowest BCUT2D eigenvalue weighted by Crippen LogP contribution is -2.45. The molecule has 0 bridgehead atoms. The van der Waals surface area contributed by atoms with Crippen LogP contribution in [-0.4, -0.2) is 57.2 Å². The average Bonchev–Trinajstić information content (AvgIpc) is 3.42. The third-order valence-electron chi connectivity index (χ3n) is 4.49. The highest BCUT2D eigenvalue weighted by atomic mass is 16.5. The van der Waals surface area contributed by atoms with Crippen LogP contribution in [-0.2, 0) is 6.42 Å². The molecule has 5 heteroatoms. The zero-order valence-electron chi connectivity index (χ0n) is 14.8. The van der Waals surface area contributed by atoms with Crippen molar-refractivity contribution < 1.29 is 4.74 Å². The van der Waals surface area contributed by atoms with E-state index in [0.717, 1.165) is 37.3 Å². The number of aliphatic imine (C=N–C) groups is 1. The summed E-state index contributed by atoms with van der Waals surface area (Å²) in [6, 6.07) is 9.43. The molecule has 23 heavy (non-hydrogen) atoms. The van der Waals surface area contributed by atoms with Crippen LogP contribution in [0, 0.1) is 0 Å². The zero-order valence-corrected chi connectivity index (χ0v) is 14.8. The van der Waals surface area contributed by atoms with Crippen molar-refractivity contribution in [3.8, 4) is 5.75 Å². The number of hydrogen-bond donors (Lipinski definition) is 2. The van der Waals surface area contributed by atoms with E-state index in [1.807, 2.05) is 25.2 Å². The number of nitrogens with zero attached hydrogens (tertiary/aromatic N) is 2. The number of methoxy groups -OCH3 is 1. The van der Waals surface area contributed by atoms with Gasteiger partial charge >= 0.3 is 0 Å². The first kappa shape index (κ1) is 17.6. The highest BCUT2D eigenvalue weighted by Crippen LogP contribution is 2.26. The summed E-state index contributed by atoms with van der Waals surface area (Å²) in [5.74, 6) is 1.80. The topological polar surface area (TPSA) is 48.9 Å². The van der Waals surface area contributed by atoms with Crippen LogP contribution in [0.2, 0.25) is 0 Å². The zero-order chi connectivity index (χ0) is 16.7. The van der Waals surface area contributed by atoms with Gasteiger partial charge in [0, 0.05) is 32.2 Å². The Labute approximate surface area is 140 Å². The first-order chi connectivity index (χ1) is 11.2. The van der Waals surface area contributed by atoms with E-state index in [9.17, 15) is 0 Å². The Balaban J connectivity index is 1.72. The molecular formula is C18H30N4O. The van der Waals surface area contributed by atoms with Crippen LogP contribution < -0.4 is 15.4 Å². The number of rotatable bonds is 8. The summed E-state index contributed by atoms with van der Waals surface area (Å²) in [5, 5.41) is 6.79. The minimum atomic E-state index is 0.510. The molecule has 1 unspecified atom stereocenters. The molecule has 1 atom stereocenters. The summed E-state index contributed by atoms with van der Waals surface area (Å²) < 4.78 is 5.38. The monoisotopic (exact) mass is 318 g/mol. The van der Waals surface area contributed by atoms with Crippen LogP contribution in [0.15, 0.2) is 29.3 Å². The van der Waals surface area contributed by atoms with Gasteiger partial charge < -0.3 is 15.4 Å². The van der Waals surface area contributed by atoms with Crippen molar-refractivity contribution in [3.05, 3.63) is 29.8 Å². The van der Waals surface area contributed by atoms with Gasteiger partial charge in [-0.15, -0.1) is 0 Å². The highest BCUT2D eigenvalue weighted by molar-refractivity contribution is 5.79. The Kier molecular flexibility index (Phi) is 6.71. The van der Waals surface area contributed by atoms with Gasteiger partial charge in [-0.2, -0.15) is 0 Å². The molecule has 0 amide bonds. The Hall–Kier alpha value is -1.75. The lowest BCUT2D eigenvalue weighted by Gasteiger charge is -2.25. The number of ether oxygens (including phenoxy) is 1.